The molecule has 196 valence electrons. The number of amides is 2. The number of hydrogen-bond acceptors (Lipinski definition) is 6. The van der Waals surface area contributed by atoms with Crippen LogP contribution in [0, 0.1) is 31.6 Å². The molecule has 6 atom stereocenters. The van der Waals surface area contributed by atoms with Crippen LogP contribution in [-0.4, -0.2) is 71.3 Å². The van der Waals surface area contributed by atoms with E-state index >= 15 is 0 Å². The highest BCUT2D eigenvalue weighted by molar-refractivity contribution is 6.05. The van der Waals surface area contributed by atoms with Gasteiger partial charge < -0.3 is 24.4 Å². The van der Waals surface area contributed by atoms with Crippen LogP contribution in [-0.2, 0) is 23.9 Å². The van der Waals surface area contributed by atoms with Gasteiger partial charge in [0.15, 0.2) is 0 Å². The van der Waals surface area contributed by atoms with Gasteiger partial charge in [-0.15, -0.1) is 6.58 Å². The summed E-state index contributed by atoms with van der Waals surface area (Å²) in [5.74, 6) is -2.76. The van der Waals surface area contributed by atoms with Crippen molar-refractivity contribution in [3.8, 4) is 0 Å². The fourth-order valence-electron chi connectivity index (χ4n) is 6.65. The third kappa shape index (κ3) is 3.86. The van der Waals surface area contributed by atoms with Crippen LogP contribution < -0.4 is 4.90 Å². The molecule has 1 aromatic rings. The molecule has 2 bridgehead atoms. The molecule has 1 N–H and O–H groups in total. The van der Waals surface area contributed by atoms with Gasteiger partial charge in [-0.2, -0.15) is 0 Å². The first-order valence-electron chi connectivity index (χ1n) is 12.9. The summed E-state index contributed by atoms with van der Waals surface area (Å²) < 4.78 is 11.8. The molecule has 0 saturated carbocycles. The number of likely N-dealkylation sites (tertiary alicyclic amines) is 1. The van der Waals surface area contributed by atoms with Crippen molar-refractivity contribution in [2.75, 3.05) is 24.7 Å². The number of ether oxygens (including phenoxy) is 2. The molecular weight excluding hydrogens is 460 g/mol. The zero-order valence-electron chi connectivity index (χ0n) is 21.9. The van der Waals surface area contributed by atoms with Crippen molar-refractivity contribution in [1.82, 2.24) is 4.90 Å². The van der Waals surface area contributed by atoms with E-state index in [2.05, 4.69) is 6.58 Å². The Morgan fingerprint density at radius 1 is 1.33 bits per heavy atom. The van der Waals surface area contributed by atoms with E-state index in [1.807, 2.05) is 45.9 Å². The largest absolute Gasteiger partial charge is 0.466 e. The monoisotopic (exact) mass is 498 g/mol. The van der Waals surface area contributed by atoms with E-state index in [1.54, 1.807) is 17.9 Å². The highest BCUT2D eigenvalue weighted by atomic mass is 16.6. The molecule has 8 nitrogen and oxygen atoms in total. The molecular formula is C28H38N2O6. The number of aliphatic hydroxyl groups excluding tert-OH is 1. The number of fused-ring (bicyclic) bond motifs is 1. The second kappa shape index (κ2) is 9.98. The molecule has 4 rings (SSSR count). The van der Waals surface area contributed by atoms with E-state index < -0.39 is 41.6 Å². The number of carbonyl (C=O) groups is 3. The third-order valence-corrected chi connectivity index (χ3v) is 8.13. The van der Waals surface area contributed by atoms with Crippen molar-refractivity contribution >= 4 is 23.5 Å². The Kier molecular flexibility index (Phi) is 7.30. The van der Waals surface area contributed by atoms with Crippen molar-refractivity contribution in [1.29, 1.82) is 0 Å². The van der Waals surface area contributed by atoms with Crippen molar-refractivity contribution in [2.45, 2.75) is 71.2 Å². The molecule has 1 aromatic carbocycles. The first kappa shape index (κ1) is 26.4. The lowest BCUT2D eigenvalue weighted by molar-refractivity contribution is -0.155. The predicted octanol–water partition coefficient (Wildman–Crippen LogP) is 2.78. The number of nitrogens with zero attached hydrogens (tertiary/aromatic N) is 2. The minimum Gasteiger partial charge on any atom is -0.466 e. The van der Waals surface area contributed by atoms with E-state index in [4.69, 9.17) is 9.47 Å². The van der Waals surface area contributed by atoms with Gasteiger partial charge in [-0.05, 0) is 50.7 Å². The van der Waals surface area contributed by atoms with Gasteiger partial charge in [0.1, 0.15) is 11.6 Å². The number of aryl methyl sites for hydroxylation is 2. The highest BCUT2D eigenvalue weighted by Crippen LogP contribution is 2.59. The van der Waals surface area contributed by atoms with Gasteiger partial charge in [0.2, 0.25) is 5.91 Å². The number of para-hydroxylation sites is 1. The lowest BCUT2D eigenvalue weighted by atomic mass is 9.70. The predicted molar refractivity (Wildman–Crippen MR) is 135 cm³/mol. The normalized spacial score (nSPS) is 29.4. The van der Waals surface area contributed by atoms with Gasteiger partial charge in [0.25, 0.3) is 5.91 Å². The molecule has 8 heteroatoms. The van der Waals surface area contributed by atoms with Gasteiger partial charge in [-0.3, -0.25) is 14.4 Å². The number of rotatable bonds is 9. The first-order chi connectivity index (χ1) is 17.1. The second-order valence-corrected chi connectivity index (χ2v) is 10.5. The number of aliphatic hydroxyl groups is 1. The average molecular weight is 499 g/mol. The summed E-state index contributed by atoms with van der Waals surface area (Å²) >= 11 is 0. The van der Waals surface area contributed by atoms with Gasteiger partial charge in [-0.25, -0.2) is 0 Å². The fourth-order valence-corrected chi connectivity index (χ4v) is 6.65. The third-order valence-electron chi connectivity index (χ3n) is 8.13. The fraction of sp³-hybridized carbons (Fsp3) is 0.607. The lowest BCUT2D eigenvalue weighted by Crippen LogP contribution is -2.60. The maximum Gasteiger partial charge on any atom is 0.312 e. The van der Waals surface area contributed by atoms with E-state index in [9.17, 15) is 19.5 Å². The molecule has 3 aliphatic rings. The van der Waals surface area contributed by atoms with Crippen LogP contribution in [0.2, 0.25) is 0 Å². The van der Waals surface area contributed by atoms with Gasteiger partial charge in [-0.1, -0.05) is 38.1 Å². The number of anilines is 1. The van der Waals surface area contributed by atoms with E-state index in [-0.39, 0.29) is 37.5 Å². The summed E-state index contributed by atoms with van der Waals surface area (Å²) in [5, 5.41) is 10.3. The Hall–Kier alpha value is -2.71. The Morgan fingerprint density at radius 3 is 2.56 bits per heavy atom. The maximum absolute atomic E-state index is 14.6. The molecule has 3 aliphatic heterocycles. The summed E-state index contributed by atoms with van der Waals surface area (Å²) in [5.41, 5.74) is 1.49. The number of hydrogen-bond donors (Lipinski definition) is 1. The van der Waals surface area contributed by atoms with E-state index in [0.29, 0.717) is 12.8 Å². The summed E-state index contributed by atoms with van der Waals surface area (Å²) in [4.78, 5) is 44.9. The Bertz CT molecular complexity index is 1030. The molecule has 1 spiro atoms. The highest BCUT2D eigenvalue weighted by Gasteiger charge is 2.75. The Labute approximate surface area is 213 Å². The van der Waals surface area contributed by atoms with Crippen LogP contribution in [0.1, 0.15) is 44.7 Å². The number of benzene rings is 1. The molecule has 36 heavy (non-hydrogen) atoms. The minimum atomic E-state index is -1.14. The SMILES string of the molecule is C=CCN(C(=O)C1N([C@@H](CO)C(C)C)C(=O)[C@@H]2[C@H](C(=O)OCC)[C@@H]3CCC12O3)c1c(C)cccc1C. The summed E-state index contributed by atoms with van der Waals surface area (Å²) in [6.45, 7) is 13.5. The molecule has 3 saturated heterocycles. The number of esters is 1. The summed E-state index contributed by atoms with van der Waals surface area (Å²) in [7, 11) is 0. The van der Waals surface area contributed by atoms with E-state index in [1.165, 1.54) is 4.90 Å². The summed E-state index contributed by atoms with van der Waals surface area (Å²) in [6.07, 6.45) is 2.26. The topological polar surface area (TPSA) is 96.4 Å². The van der Waals surface area contributed by atoms with Crippen molar-refractivity contribution in [3.63, 3.8) is 0 Å². The van der Waals surface area contributed by atoms with Crippen molar-refractivity contribution < 1.29 is 29.0 Å². The molecule has 0 aromatic heterocycles. The molecule has 0 aliphatic carbocycles. The van der Waals surface area contributed by atoms with Crippen LogP contribution in [0.3, 0.4) is 0 Å². The van der Waals surface area contributed by atoms with Gasteiger partial charge >= 0.3 is 5.97 Å². The molecule has 3 fully saturated rings. The quantitative estimate of drug-likeness (QED) is 0.416. The number of carbonyl (C=O) groups excluding carboxylic acids is 3. The molecule has 0 radical (unpaired) electrons. The standard InChI is InChI=1S/C28H38N2O6/c1-7-14-29(23-17(5)10-9-11-18(23)6)26(33)24-28-13-12-20(36-28)21(27(34)35-8-2)22(28)25(32)30(24)19(15-31)16(3)4/h7,9-11,16,19-22,24,31H,1,8,12-15H2,2-6H3/t19-,20-,21+,22-,24?,28?/m0/s1. The summed E-state index contributed by atoms with van der Waals surface area (Å²) in [6, 6.07) is 4.27. The minimum absolute atomic E-state index is 0.115. The molecule has 2 unspecified atom stereocenters. The first-order valence-corrected chi connectivity index (χ1v) is 12.9. The lowest BCUT2D eigenvalue weighted by Gasteiger charge is -2.41. The van der Waals surface area contributed by atoms with Gasteiger partial charge in [0, 0.05) is 12.2 Å². The average Bonchev–Trinajstić information content (AvgIpc) is 3.46. The van der Waals surface area contributed by atoms with Crippen molar-refractivity contribution in [2.24, 2.45) is 17.8 Å². The van der Waals surface area contributed by atoms with Crippen LogP contribution >= 0.6 is 0 Å². The second-order valence-electron chi connectivity index (χ2n) is 10.5. The molecule has 3 heterocycles. The maximum atomic E-state index is 14.6. The van der Waals surface area contributed by atoms with Crippen molar-refractivity contribution in [3.05, 3.63) is 42.0 Å². The van der Waals surface area contributed by atoms with Gasteiger partial charge in [0.05, 0.1) is 37.2 Å². The zero-order valence-corrected chi connectivity index (χ0v) is 21.9. The zero-order chi connectivity index (χ0) is 26.4. The van der Waals surface area contributed by atoms with Crippen LogP contribution in [0.15, 0.2) is 30.9 Å². The molecule has 2 amide bonds. The Morgan fingerprint density at radius 2 is 2.00 bits per heavy atom. The smallest absolute Gasteiger partial charge is 0.312 e. The van der Waals surface area contributed by atoms with Crippen LogP contribution in [0.4, 0.5) is 5.69 Å². The van der Waals surface area contributed by atoms with E-state index in [0.717, 1.165) is 16.8 Å². The van der Waals surface area contributed by atoms with Crippen LogP contribution in [0.5, 0.6) is 0 Å². The Balaban J connectivity index is 1.87. The van der Waals surface area contributed by atoms with Crippen LogP contribution in [0.25, 0.3) is 0 Å².